The van der Waals surface area contributed by atoms with Crippen molar-refractivity contribution in [3.05, 3.63) is 54.1 Å². The molecule has 0 fully saturated rings. The summed E-state index contributed by atoms with van der Waals surface area (Å²) in [6.07, 6.45) is 3.53. The number of pyridine rings is 2. The molecule has 3 heterocycles. The van der Waals surface area contributed by atoms with E-state index in [4.69, 9.17) is 22.9 Å². The molecule has 0 bridgehead atoms. The Bertz CT molecular complexity index is 808. The number of imidazole rings is 1. The normalized spacial score (nSPS) is 12.5. The van der Waals surface area contributed by atoms with Crippen LogP contribution in [0.25, 0.3) is 16.9 Å². The van der Waals surface area contributed by atoms with Gasteiger partial charge in [-0.15, -0.1) is 0 Å². The number of fused-ring (bicyclic) bond motifs is 1. The fraction of sp³-hybridized carbons (Fsp3) is 0.188. The van der Waals surface area contributed by atoms with Crippen molar-refractivity contribution in [2.24, 2.45) is 5.73 Å². The second-order valence-electron chi connectivity index (χ2n) is 5.07. The van der Waals surface area contributed by atoms with Crippen molar-refractivity contribution in [2.75, 3.05) is 0 Å². The van der Waals surface area contributed by atoms with E-state index in [-0.39, 0.29) is 5.92 Å². The Labute approximate surface area is 128 Å². The lowest BCUT2D eigenvalue weighted by Gasteiger charge is -2.13. The molecule has 0 radical (unpaired) electrons. The van der Waals surface area contributed by atoms with E-state index < -0.39 is 0 Å². The van der Waals surface area contributed by atoms with Gasteiger partial charge in [0.25, 0.3) is 0 Å². The van der Waals surface area contributed by atoms with Gasteiger partial charge in [0, 0.05) is 29.6 Å². The fourth-order valence-electron chi connectivity index (χ4n) is 2.54. The number of rotatable bonds is 3. The highest BCUT2D eigenvalue weighted by atomic mass is 32.1. The van der Waals surface area contributed by atoms with Gasteiger partial charge in [0.15, 0.2) is 0 Å². The summed E-state index contributed by atoms with van der Waals surface area (Å²) in [5, 5.41) is 0. The predicted molar refractivity (Wildman–Crippen MR) is 88.4 cm³/mol. The van der Waals surface area contributed by atoms with Gasteiger partial charge in [0.05, 0.1) is 16.4 Å². The topological polar surface area (TPSA) is 56.2 Å². The standard InChI is InChI=1S/C16H16N4S/c1-10-4-3-5-13-19-14(12-6-8-18-9-7-12)15(20(10)13)11(2)16(17)21/h3-9,11H,1-2H3,(H2,17,21). The zero-order valence-electron chi connectivity index (χ0n) is 11.9. The van der Waals surface area contributed by atoms with Gasteiger partial charge in [0.1, 0.15) is 5.65 Å². The number of aryl methyl sites for hydroxylation is 1. The van der Waals surface area contributed by atoms with Gasteiger partial charge in [-0.1, -0.05) is 25.2 Å². The molecule has 0 aliphatic carbocycles. The summed E-state index contributed by atoms with van der Waals surface area (Å²) < 4.78 is 2.12. The smallest absolute Gasteiger partial charge is 0.137 e. The molecule has 4 nitrogen and oxygen atoms in total. The third-order valence-corrected chi connectivity index (χ3v) is 4.02. The van der Waals surface area contributed by atoms with Gasteiger partial charge in [-0.05, 0) is 31.2 Å². The Morgan fingerprint density at radius 2 is 1.95 bits per heavy atom. The lowest BCUT2D eigenvalue weighted by atomic mass is 10.0. The highest BCUT2D eigenvalue weighted by Crippen LogP contribution is 2.30. The highest BCUT2D eigenvalue weighted by Gasteiger charge is 2.21. The Balaban J connectivity index is 2.37. The van der Waals surface area contributed by atoms with Crippen molar-refractivity contribution in [1.82, 2.24) is 14.4 Å². The lowest BCUT2D eigenvalue weighted by Crippen LogP contribution is -2.19. The summed E-state index contributed by atoms with van der Waals surface area (Å²) in [6, 6.07) is 9.96. The lowest BCUT2D eigenvalue weighted by molar-refractivity contribution is 0.908. The Morgan fingerprint density at radius 3 is 2.62 bits per heavy atom. The quantitative estimate of drug-likeness (QED) is 0.755. The number of nitrogens with two attached hydrogens (primary N) is 1. The van der Waals surface area contributed by atoms with Gasteiger partial charge in [0.2, 0.25) is 0 Å². The van der Waals surface area contributed by atoms with Crippen LogP contribution < -0.4 is 5.73 Å². The first-order valence-corrected chi connectivity index (χ1v) is 7.18. The molecule has 0 saturated carbocycles. The van der Waals surface area contributed by atoms with Crippen LogP contribution in [0, 0.1) is 6.92 Å². The Hall–Kier alpha value is -2.27. The van der Waals surface area contributed by atoms with E-state index in [2.05, 4.69) is 22.4 Å². The zero-order valence-corrected chi connectivity index (χ0v) is 12.8. The molecule has 1 atom stereocenters. The summed E-state index contributed by atoms with van der Waals surface area (Å²) in [7, 11) is 0. The third kappa shape index (κ3) is 2.29. The molecule has 5 heteroatoms. The van der Waals surface area contributed by atoms with Crippen molar-refractivity contribution in [3.63, 3.8) is 0 Å². The van der Waals surface area contributed by atoms with Crippen LogP contribution in [-0.2, 0) is 0 Å². The SMILES string of the molecule is Cc1cccc2nc(-c3ccncc3)c(C(C)C(N)=S)n12. The maximum atomic E-state index is 5.89. The van der Waals surface area contributed by atoms with Gasteiger partial charge in [-0.2, -0.15) is 0 Å². The zero-order chi connectivity index (χ0) is 15.0. The first-order chi connectivity index (χ1) is 10.1. The summed E-state index contributed by atoms with van der Waals surface area (Å²) in [6.45, 7) is 4.07. The van der Waals surface area contributed by atoms with Crippen LogP contribution >= 0.6 is 12.2 Å². The fourth-order valence-corrected chi connectivity index (χ4v) is 2.65. The molecular formula is C16H16N4S. The molecule has 3 aromatic heterocycles. The molecule has 1 unspecified atom stereocenters. The molecule has 0 spiro atoms. The average molecular weight is 296 g/mol. The highest BCUT2D eigenvalue weighted by molar-refractivity contribution is 7.80. The summed E-state index contributed by atoms with van der Waals surface area (Å²) in [4.78, 5) is 9.30. The number of thiocarbonyl (C=S) groups is 1. The van der Waals surface area contributed by atoms with E-state index in [1.807, 2.05) is 31.2 Å². The molecule has 0 aromatic carbocycles. The molecule has 0 amide bonds. The van der Waals surface area contributed by atoms with E-state index in [0.29, 0.717) is 4.99 Å². The number of hydrogen-bond donors (Lipinski definition) is 1. The first-order valence-electron chi connectivity index (χ1n) is 6.77. The van der Waals surface area contributed by atoms with Crippen LogP contribution in [0.3, 0.4) is 0 Å². The molecule has 3 aromatic rings. The molecule has 2 N–H and O–H groups in total. The van der Waals surface area contributed by atoms with Crippen LogP contribution in [0.4, 0.5) is 0 Å². The minimum Gasteiger partial charge on any atom is -0.393 e. The van der Waals surface area contributed by atoms with Crippen LogP contribution in [0.2, 0.25) is 0 Å². The van der Waals surface area contributed by atoms with Crippen molar-refractivity contribution in [3.8, 4) is 11.3 Å². The van der Waals surface area contributed by atoms with E-state index in [9.17, 15) is 0 Å². The predicted octanol–water partition coefficient (Wildman–Crippen LogP) is 3.09. The molecule has 106 valence electrons. The van der Waals surface area contributed by atoms with E-state index in [1.54, 1.807) is 12.4 Å². The van der Waals surface area contributed by atoms with E-state index >= 15 is 0 Å². The van der Waals surface area contributed by atoms with Crippen molar-refractivity contribution in [2.45, 2.75) is 19.8 Å². The molecule has 0 aliphatic rings. The second kappa shape index (κ2) is 5.26. The van der Waals surface area contributed by atoms with E-state index in [1.165, 1.54) is 0 Å². The summed E-state index contributed by atoms with van der Waals surface area (Å²) in [5.41, 5.74) is 10.9. The van der Waals surface area contributed by atoms with E-state index in [0.717, 1.165) is 28.3 Å². The minimum atomic E-state index is -0.0562. The molecule has 21 heavy (non-hydrogen) atoms. The third-order valence-electron chi connectivity index (χ3n) is 3.67. The van der Waals surface area contributed by atoms with Crippen LogP contribution in [0.5, 0.6) is 0 Å². The van der Waals surface area contributed by atoms with Gasteiger partial charge < -0.3 is 5.73 Å². The number of nitrogens with zero attached hydrogens (tertiary/aromatic N) is 3. The molecule has 3 rings (SSSR count). The summed E-state index contributed by atoms with van der Waals surface area (Å²) in [5.74, 6) is -0.0562. The van der Waals surface area contributed by atoms with Crippen molar-refractivity contribution in [1.29, 1.82) is 0 Å². The Kier molecular flexibility index (Phi) is 3.43. The van der Waals surface area contributed by atoms with Gasteiger partial charge >= 0.3 is 0 Å². The largest absolute Gasteiger partial charge is 0.393 e. The molecule has 0 aliphatic heterocycles. The number of aromatic nitrogens is 3. The van der Waals surface area contributed by atoms with Crippen LogP contribution in [0.1, 0.15) is 24.2 Å². The average Bonchev–Trinajstić information content (AvgIpc) is 2.88. The van der Waals surface area contributed by atoms with Gasteiger partial charge in [-0.3, -0.25) is 9.38 Å². The van der Waals surface area contributed by atoms with Crippen molar-refractivity contribution >= 4 is 22.9 Å². The molecular weight excluding hydrogens is 280 g/mol. The monoisotopic (exact) mass is 296 g/mol. The van der Waals surface area contributed by atoms with Crippen molar-refractivity contribution < 1.29 is 0 Å². The minimum absolute atomic E-state index is 0.0562. The Morgan fingerprint density at radius 1 is 1.24 bits per heavy atom. The maximum absolute atomic E-state index is 5.89. The number of hydrogen-bond acceptors (Lipinski definition) is 3. The first kappa shape index (κ1) is 13.7. The van der Waals surface area contributed by atoms with Crippen LogP contribution in [-0.4, -0.2) is 19.4 Å². The maximum Gasteiger partial charge on any atom is 0.137 e. The second-order valence-corrected chi connectivity index (χ2v) is 5.54. The van der Waals surface area contributed by atoms with Crippen LogP contribution in [0.15, 0.2) is 42.7 Å². The molecule has 0 saturated heterocycles. The van der Waals surface area contributed by atoms with Gasteiger partial charge in [-0.25, -0.2) is 4.98 Å². The summed E-state index contributed by atoms with van der Waals surface area (Å²) >= 11 is 5.21.